The van der Waals surface area contributed by atoms with E-state index in [9.17, 15) is 4.79 Å². The van der Waals surface area contributed by atoms with Gasteiger partial charge in [0.05, 0.1) is 12.2 Å². The van der Waals surface area contributed by atoms with Gasteiger partial charge in [-0.1, -0.05) is 42.5 Å². The number of aldehydes is 1. The van der Waals surface area contributed by atoms with Crippen molar-refractivity contribution < 1.29 is 14.3 Å². The molecule has 0 radical (unpaired) electrons. The van der Waals surface area contributed by atoms with Crippen LogP contribution >= 0.6 is 0 Å². The van der Waals surface area contributed by atoms with Crippen molar-refractivity contribution in [2.45, 2.75) is 31.8 Å². The monoisotopic (exact) mass is 232 g/mol. The minimum absolute atomic E-state index is 0.109. The van der Waals surface area contributed by atoms with Gasteiger partial charge in [0.25, 0.3) is 0 Å². The second-order valence-corrected chi connectivity index (χ2v) is 4.25. The van der Waals surface area contributed by atoms with Crippen LogP contribution in [0.2, 0.25) is 0 Å². The van der Waals surface area contributed by atoms with E-state index in [-0.39, 0.29) is 12.2 Å². The standard InChI is InChI=1S/C14H16O3/c1-10(2)12-8-13(17-14(9-15)16-12)11-6-4-3-5-7-11/h3-7,9,12-14H,1,8H2,2H3. The second-order valence-electron chi connectivity index (χ2n) is 4.25. The van der Waals surface area contributed by atoms with Crippen LogP contribution in [0.25, 0.3) is 0 Å². The van der Waals surface area contributed by atoms with Gasteiger partial charge in [-0.05, 0) is 12.5 Å². The van der Waals surface area contributed by atoms with Crippen molar-refractivity contribution in [2.24, 2.45) is 0 Å². The summed E-state index contributed by atoms with van der Waals surface area (Å²) in [6.07, 6.45) is 0.357. The van der Waals surface area contributed by atoms with Crippen molar-refractivity contribution in [2.75, 3.05) is 0 Å². The van der Waals surface area contributed by atoms with E-state index in [2.05, 4.69) is 6.58 Å². The maximum absolute atomic E-state index is 10.8. The molecule has 1 saturated heterocycles. The van der Waals surface area contributed by atoms with Crippen LogP contribution < -0.4 is 0 Å². The summed E-state index contributed by atoms with van der Waals surface area (Å²) in [6, 6.07) is 9.86. The first kappa shape index (κ1) is 12.0. The molecular weight excluding hydrogens is 216 g/mol. The summed E-state index contributed by atoms with van der Waals surface area (Å²) in [5.74, 6) is 0. The molecule has 3 nitrogen and oxygen atoms in total. The quantitative estimate of drug-likeness (QED) is 0.593. The molecule has 1 fully saturated rings. The van der Waals surface area contributed by atoms with Crippen LogP contribution in [0, 0.1) is 0 Å². The maximum Gasteiger partial charge on any atom is 0.215 e. The van der Waals surface area contributed by atoms with Crippen molar-refractivity contribution in [3.05, 3.63) is 48.0 Å². The smallest absolute Gasteiger partial charge is 0.215 e. The normalized spacial score (nSPS) is 28.6. The molecule has 1 aliphatic heterocycles. The van der Waals surface area contributed by atoms with Gasteiger partial charge in [0, 0.05) is 6.42 Å². The molecule has 0 aliphatic carbocycles. The highest BCUT2D eigenvalue weighted by molar-refractivity contribution is 5.54. The van der Waals surface area contributed by atoms with E-state index in [1.54, 1.807) is 0 Å². The molecule has 3 atom stereocenters. The van der Waals surface area contributed by atoms with Crippen LogP contribution in [-0.2, 0) is 14.3 Å². The minimum atomic E-state index is -0.796. The third-order valence-corrected chi connectivity index (χ3v) is 2.86. The van der Waals surface area contributed by atoms with Crippen molar-refractivity contribution in [1.82, 2.24) is 0 Å². The molecule has 1 aromatic rings. The van der Waals surface area contributed by atoms with Crippen LogP contribution in [0.3, 0.4) is 0 Å². The fourth-order valence-electron chi connectivity index (χ4n) is 1.93. The molecule has 0 spiro atoms. The van der Waals surface area contributed by atoms with Crippen molar-refractivity contribution >= 4 is 6.29 Å². The highest BCUT2D eigenvalue weighted by Crippen LogP contribution is 2.32. The lowest BCUT2D eigenvalue weighted by atomic mass is 9.99. The van der Waals surface area contributed by atoms with Crippen molar-refractivity contribution in [3.8, 4) is 0 Å². The Morgan fingerprint density at radius 2 is 2.06 bits per heavy atom. The van der Waals surface area contributed by atoms with Crippen LogP contribution in [-0.4, -0.2) is 18.7 Å². The van der Waals surface area contributed by atoms with Gasteiger partial charge in [-0.2, -0.15) is 0 Å². The van der Waals surface area contributed by atoms with Gasteiger partial charge < -0.3 is 9.47 Å². The Morgan fingerprint density at radius 3 is 2.65 bits per heavy atom. The fraction of sp³-hybridized carbons (Fsp3) is 0.357. The number of hydrogen-bond acceptors (Lipinski definition) is 3. The molecule has 0 N–H and O–H groups in total. The van der Waals surface area contributed by atoms with E-state index in [1.807, 2.05) is 37.3 Å². The van der Waals surface area contributed by atoms with Crippen LogP contribution in [0.5, 0.6) is 0 Å². The highest BCUT2D eigenvalue weighted by atomic mass is 16.7. The predicted molar refractivity (Wildman–Crippen MR) is 64.4 cm³/mol. The summed E-state index contributed by atoms with van der Waals surface area (Å²) in [5, 5.41) is 0. The Labute approximate surface area is 101 Å². The molecular formula is C14H16O3. The summed E-state index contributed by atoms with van der Waals surface area (Å²) >= 11 is 0. The Kier molecular flexibility index (Phi) is 3.71. The molecule has 0 bridgehead atoms. The van der Waals surface area contributed by atoms with E-state index in [4.69, 9.17) is 9.47 Å². The average molecular weight is 232 g/mol. The van der Waals surface area contributed by atoms with Crippen molar-refractivity contribution in [3.63, 3.8) is 0 Å². The van der Waals surface area contributed by atoms with Crippen LogP contribution in [0.15, 0.2) is 42.5 Å². The molecule has 3 unspecified atom stereocenters. The summed E-state index contributed by atoms with van der Waals surface area (Å²) in [6.45, 7) is 5.78. The number of benzene rings is 1. The predicted octanol–water partition coefficient (Wildman–Crippen LogP) is 2.63. The molecule has 1 heterocycles. The van der Waals surface area contributed by atoms with Gasteiger partial charge in [0.15, 0.2) is 6.29 Å². The molecule has 90 valence electrons. The zero-order chi connectivity index (χ0) is 12.3. The molecule has 3 heteroatoms. The molecule has 0 saturated carbocycles. The van der Waals surface area contributed by atoms with E-state index in [0.717, 1.165) is 11.1 Å². The second kappa shape index (κ2) is 5.25. The van der Waals surface area contributed by atoms with Gasteiger partial charge in [0.1, 0.15) is 0 Å². The lowest BCUT2D eigenvalue weighted by Crippen LogP contribution is -2.35. The maximum atomic E-state index is 10.8. The summed E-state index contributed by atoms with van der Waals surface area (Å²) in [7, 11) is 0. The van der Waals surface area contributed by atoms with Crippen LogP contribution in [0.1, 0.15) is 25.0 Å². The SMILES string of the molecule is C=C(C)C1CC(c2ccccc2)OC(C=O)O1. The third-order valence-electron chi connectivity index (χ3n) is 2.86. The van der Waals surface area contributed by atoms with E-state index >= 15 is 0 Å². The zero-order valence-corrected chi connectivity index (χ0v) is 9.84. The van der Waals surface area contributed by atoms with E-state index < -0.39 is 6.29 Å². The first-order valence-corrected chi connectivity index (χ1v) is 5.67. The molecule has 0 aromatic heterocycles. The molecule has 1 aromatic carbocycles. The average Bonchev–Trinajstić information content (AvgIpc) is 2.39. The number of rotatable bonds is 3. The number of ether oxygens (including phenoxy) is 2. The zero-order valence-electron chi connectivity index (χ0n) is 9.84. The molecule has 17 heavy (non-hydrogen) atoms. The summed E-state index contributed by atoms with van der Waals surface area (Å²) in [4.78, 5) is 10.8. The van der Waals surface area contributed by atoms with E-state index in [0.29, 0.717) is 12.7 Å². The molecule has 2 rings (SSSR count). The third kappa shape index (κ3) is 2.81. The number of carbonyl (C=O) groups excluding carboxylic acids is 1. The van der Waals surface area contributed by atoms with Gasteiger partial charge in [-0.25, -0.2) is 0 Å². The topological polar surface area (TPSA) is 35.5 Å². The summed E-state index contributed by atoms with van der Waals surface area (Å²) < 4.78 is 11.0. The van der Waals surface area contributed by atoms with Crippen LogP contribution in [0.4, 0.5) is 0 Å². The highest BCUT2D eigenvalue weighted by Gasteiger charge is 2.30. The lowest BCUT2D eigenvalue weighted by Gasteiger charge is -2.33. The Bertz CT molecular complexity index is 399. The van der Waals surface area contributed by atoms with Gasteiger partial charge in [-0.3, -0.25) is 4.79 Å². The first-order valence-electron chi connectivity index (χ1n) is 5.67. The summed E-state index contributed by atoms with van der Waals surface area (Å²) in [5.41, 5.74) is 1.98. The molecule has 1 aliphatic rings. The Morgan fingerprint density at radius 1 is 1.35 bits per heavy atom. The first-order chi connectivity index (χ1) is 8.20. The molecule has 0 amide bonds. The minimum Gasteiger partial charge on any atom is -0.338 e. The Hall–Kier alpha value is -1.45. The van der Waals surface area contributed by atoms with Crippen molar-refractivity contribution in [1.29, 1.82) is 0 Å². The van der Waals surface area contributed by atoms with Gasteiger partial charge >= 0.3 is 0 Å². The Balaban J connectivity index is 2.17. The lowest BCUT2D eigenvalue weighted by molar-refractivity contribution is -0.222. The van der Waals surface area contributed by atoms with Gasteiger partial charge in [0.2, 0.25) is 6.29 Å². The largest absolute Gasteiger partial charge is 0.338 e. The number of hydrogen-bond donors (Lipinski definition) is 0. The van der Waals surface area contributed by atoms with E-state index in [1.165, 1.54) is 0 Å². The fourth-order valence-corrected chi connectivity index (χ4v) is 1.93. The number of carbonyl (C=O) groups is 1. The van der Waals surface area contributed by atoms with Gasteiger partial charge in [-0.15, -0.1) is 0 Å².